The predicted octanol–water partition coefficient (Wildman–Crippen LogP) is 1.86. The molecule has 0 aliphatic rings. The second kappa shape index (κ2) is 4.44. The summed E-state index contributed by atoms with van der Waals surface area (Å²) in [6, 6.07) is 4.74. The van der Waals surface area contributed by atoms with Gasteiger partial charge in [0, 0.05) is 11.3 Å². The minimum atomic E-state index is -4.69. The molecule has 0 fully saturated rings. The van der Waals surface area contributed by atoms with Crippen molar-refractivity contribution in [2.75, 3.05) is 5.32 Å². The summed E-state index contributed by atoms with van der Waals surface area (Å²) in [5, 5.41) is 2.46. The summed E-state index contributed by atoms with van der Waals surface area (Å²) in [4.78, 5) is 10.7. The molecule has 1 aromatic rings. The summed E-state index contributed by atoms with van der Waals surface area (Å²) < 4.78 is 33.5. The zero-order valence-corrected chi connectivity index (χ0v) is 9.34. The zero-order valence-electron chi connectivity index (χ0n) is 8.53. The van der Waals surface area contributed by atoms with Gasteiger partial charge in [0.05, 0.1) is 4.90 Å². The highest BCUT2D eigenvalue weighted by atomic mass is 32.3. The number of amides is 1. The Morgan fingerprint density at radius 3 is 2.19 bits per heavy atom. The largest absolute Gasteiger partial charge is 0.332 e. The maximum absolute atomic E-state index is 12.5. The van der Waals surface area contributed by atoms with Crippen LogP contribution in [0.5, 0.6) is 0 Å². The van der Waals surface area contributed by atoms with Crippen LogP contribution in [0.1, 0.15) is 6.92 Å². The van der Waals surface area contributed by atoms with Crippen molar-refractivity contribution >= 4 is 21.8 Å². The highest BCUT2D eigenvalue weighted by molar-refractivity contribution is 7.86. The van der Waals surface area contributed by atoms with Crippen LogP contribution in [0.15, 0.2) is 41.3 Å². The number of halogens is 1. The first kappa shape index (κ1) is 12.4. The monoisotopic (exact) mass is 243 g/mol. The summed E-state index contributed by atoms with van der Waals surface area (Å²) >= 11 is 0. The van der Waals surface area contributed by atoms with Gasteiger partial charge in [0.2, 0.25) is 0 Å². The van der Waals surface area contributed by atoms with Gasteiger partial charge in [-0.15, -0.1) is 3.89 Å². The maximum Gasteiger partial charge on any atom is 0.332 e. The lowest BCUT2D eigenvalue weighted by molar-refractivity contribution is -0.112. The number of hydrogen-bond acceptors (Lipinski definition) is 3. The van der Waals surface area contributed by atoms with Gasteiger partial charge >= 0.3 is 10.2 Å². The van der Waals surface area contributed by atoms with Crippen LogP contribution in [-0.2, 0) is 15.0 Å². The van der Waals surface area contributed by atoms with Crippen molar-refractivity contribution in [3.63, 3.8) is 0 Å². The first-order valence-corrected chi connectivity index (χ1v) is 5.70. The van der Waals surface area contributed by atoms with E-state index >= 15 is 0 Å². The van der Waals surface area contributed by atoms with E-state index in [2.05, 4.69) is 11.9 Å². The normalized spacial score (nSPS) is 10.9. The molecule has 86 valence electrons. The lowest BCUT2D eigenvalue weighted by atomic mass is 10.3. The van der Waals surface area contributed by atoms with Gasteiger partial charge in [-0.1, -0.05) is 6.58 Å². The van der Waals surface area contributed by atoms with Crippen LogP contribution in [-0.4, -0.2) is 14.3 Å². The van der Waals surface area contributed by atoms with Crippen molar-refractivity contribution in [2.45, 2.75) is 11.8 Å². The molecule has 0 saturated carbocycles. The van der Waals surface area contributed by atoms with E-state index in [1.54, 1.807) is 0 Å². The molecule has 0 bridgehead atoms. The second-order valence-corrected chi connectivity index (χ2v) is 4.54. The fraction of sp³-hybridized carbons (Fsp3) is 0.100. The molecule has 0 aliphatic carbocycles. The van der Waals surface area contributed by atoms with Crippen molar-refractivity contribution < 1.29 is 17.1 Å². The fourth-order valence-electron chi connectivity index (χ4n) is 0.939. The van der Waals surface area contributed by atoms with Gasteiger partial charge < -0.3 is 5.32 Å². The Bertz CT molecular complexity index is 520. The number of hydrogen-bond donors (Lipinski definition) is 1. The van der Waals surface area contributed by atoms with E-state index in [9.17, 15) is 17.1 Å². The van der Waals surface area contributed by atoms with E-state index in [1.165, 1.54) is 19.1 Å². The topological polar surface area (TPSA) is 63.2 Å². The van der Waals surface area contributed by atoms with Crippen LogP contribution in [0.4, 0.5) is 9.57 Å². The maximum atomic E-state index is 12.5. The van der Waals surface area contributed by atoms with E-state index in [-0.39, 0.29) is 5.91 Å². The third kappa shape index (κ3) is 3.16. The molecule has 1 rings (SSSR count). The van der Waals surface area contributed by atoms with Gasteiger partial charge in [-0.2, -0.15) is 8.42 Å². The average molecular weight is 243 g/mol. The van der Waals surface area contributed by atoms with Gasteiger partial charge in [0.1, 0.15) is 0 Å². The van der Waals surface area contributed by atoms with Crippen molar-refractivity contribution in [2.24, 2.45) is 0 Å². The average Bonchev–Trinajstić information content (AvgIpc) is 2.17. The van der Waals surface area contributed by atoms with E-state index in [1.807, 2.05) is 0 Å². The van der Waals surface area contributed by atoms with Crippen LogP contribution >= 0.6 is 0 Å². The Morgan fingerprint density at radius 1 is 1.31 bits per heavy atom. The minimum Gasteiger partial charge on any atom is -0.322 e. The Labute approximate surface area is 93.0 Å². The molecule has 1 N–H and O–H groups in total. The van der Waals surface area contributed by atoms with Crippen molar-refractivity contribution in [3.8, 4) is 0 Å². The van der Waals surface area contributed by atoms with Gasteiger partial charge in [0.15, 0.2) is 0 Å². The van der Waals surface area contributed by atoms with Crippen LogP contribution in [0.3, 0.4) is 0 Å². The second-order valence-electron chi connectivity index (χ2n) is 3.20. The van der Waals surface area contributed by atoms with Crippen LogP contribution in [0, 0.1) is 0 Å². The molecule has 16 heavy (non-hydrogen) atoms. The third-order valence-electron chi connectivity index (χ3n) is 1.78. The third-order valence-corrected chi connectivity index (χ3v) is 2.62. The summed E-state index contributed by atoms with van der Waals surface area (Å²) in [6.07, 6.45) is 0. The molecule has 0 spiro atoms. The molecule has 0 aliphatic heterocycles. The highest BCUT2D eigenvalue weighted by Crippen LogP contribution is 2.16. The Hall–Kier alpha value is -1.69. The summed E-state index contributed by atoms with van der Waals surface area (Å²) in [5.74, 6) is -0.379. The van der Waals surface area contributed by atoms with E-state index < -0.39 is 15.1 Å². The highest BCUT2D eigenvalue weighted by Gasteiger charge is 2.11. The predicted molar refractivity (Wildman–Crippen MR) is 58.2 cm³/mol. The first-order valence-electron chi connectivity index (χ1n) is 4.32. The molecular weight excluding hydrogens is 233 g/mol. The fourth-order valence-corrected chi connectivity index (χ4v) is 1.40. The smallest absolute Gasteiger partial charge is 0.322 e. The lowest BCUT2D eigenvalue weighted by Gasteiger charge is -2.04. The SMILES string of the molecule is C=C(C)C(=O)Nc1ccc(S(=O)(=O)F)cc1. The zero-order chi connectivity index (χ0) is 12.3. The Balaban J connectivity index is 2.88. The molecule has 4 nitrogen and oxygen atoms in total. The Morgan fingerprint density at radius 2 is 1.81 bits per heavy atom. The number of carbonyl (C=O) groups excluding carboxylic acids is 1. The van der Waals surface area contributed by atoms with E-state index in [0.29, 0.717) is 11.3 Å². The molecule has 1 aromatic carbocycles. The van der Waals surface area contributed by atoms with Gasteiger partial charge in [0.25, 0.3) is 5.91 Å². The molecule has 0 heterocycles. The van der Waals surface area contributed by atoms with Crippen LogP contribution in [0.25, 0.3) is 0 Å². The summed E-state index contributed by atoms with van der Waals surface area (Å²) in [7, 11) is -4.69. The van der Waals surface area contributed by atoms with Crippen LogP contribution in [0.2, 0.25) is 0 Å². The molecular formula is C10H10FNO3S. The molecule has 0 radical (unpaired) electrons. The van der Waals surface area contributed by atoms with Crippen molar-refractivity contribution in [1.29, 1.82) is 0 Å². The number of carbonyl (C=O) groups is 1. The minimum absolute atomic E-state index is 0.321. The lowest BCUT2D eigenvalue weighted by Crippen LogP contribution is -2.11. The molecule has 0 saturated heterocycles. The van der Waals surface area contributed by atoms with Crippen LogP contribution < -0.4 is 5.32 Å². The van der Waals surface area contributed by atoms with Gasteiger partial charge in [-0.05, 0) is 31.2 Å². The van der Waals surface area contributed by atoms with E-state index in [0.717, 1.165) is 12.1 Å². The van der Waals surface area contributed by atoms with Crippen molar-refractivity contribution in [3.05, 3.63) is 36.4 Å². The van der Waals surface area contributed by atoms with Gasteiger partial charge in [-0.25, -0.2) is 0 Å². The van der Waals surface area contributed by atoms with Crippen molar-refractivity contribution in [1.82, 2.24) is 0 Å². The number of rotatable bonds is 3. The first-order chi connectivity index (χ1) is 7.30. The standard InChI is InChI=1S/C10H10FNO3S/c1-7(2)10(13)12-8-3-5-9(6-4-8)16(11,14)15/h3-6H,1H2,2H3,(H,12,13). The molecule has 0 atom stereocenters. The van der Waals surface area contributed by atoms with Gasteiger partial charge in [-0.3, -0.25) is 4.79 Å². The summed E-state index contributed by atoms with van der Waals surface area (Å²) in [5.41, 5.74) is 0.697. The number of benzene rings is 1. The molecule has 6 heteroatoms. The summed E-state index contributed by atoms with van der Waals surface area (Å²) in [6.45, 7) is 4.98. The quantitative estimate of drug-likeness (QED) is 0.651. The number of anilines is 1. The van der Waals surface area contributed by atoms with E-state index in [4.69, 9.17) is 0 Å². The molecule has 0 unspecified atom stereocenters. The number of nitrogens with one attached hydrogen (secondary N) is 1. The molecule has 0 aromatic heterocycles. The molecule has 1 amide bonds. The Kier molecular flexibility index (Phi) is 3.44.